The second kappa shape index (κ2) is 5.18. The zero-order chi connectivity index (χ0) is 15.7. The summed E-state index contributed by atoms with van der Waals surface area (Å²) in [4.78, 5) is 4.15. The molecule has 0 amide bonds. The number of nitrogens with zero attached hydrogens (tertiary/aromatic N) is 2. The van der Waals surface area contributed by atoms with E-state index >= 15 is 0 Å². The van der Waals surface area contributed by atoms with Gasteiger partial charge in [-0.15, -0.1) is 0 Å². The Labute approximate surface area is 123 Å². The van der Waals surface area contributed by atoms with Crippen molar-refractivity contribution in [1.82, 2.24) is 15.2 Å². The van der Waals surface area contributed by atoms with E-state index in [4.69, 9.17) is 5.73 Å². The molecule has 3 N–H and O–H groups in total. The first-order valence-corrected chi connectivity index (χ1v) is 6.40. The number of anilines is 1. The van der Waals surface area contributed by atoms with Crippen molar-refractivity contribution in [1.29, 1.82) is 0 Å². The minimum Gasteiger partial charge on any atom is -0.399 e. The van der Waals surface area contributed by atoms with Gasteiger partial charge in [0.1, 0.15) is 0 Å². The first-order valence-electron chi connectivity index (χ1n) is 6.40. The van der Waals surface area contributed by atoms with Crippen LogP contribution in [0.2, 0.25) is 0 Å². The molecule has 0 aliphatic carbocycles. The van der Waals surface area contributed by atoms with Crippen LogP contribution in [-0.2, 0) is 6.18 Å². The van der Waals surface area contributed by atoms with Gasteiger partial charge in [0, 0.05) is 16.8 Å². The van der Waals surface area contributed by atoms with Crippen molar-refractivity contribution >= 4 is 5.69 Å². The molecule has 0 fully saturated rings. The maximum Gasteiger partial charge on any atom is 0.417 e. The molecule has 0 bridgehead atoms. The maximum absolute atomic E-state index is 13.0. The summed E-state index contributed by atoms with van der Waals surface area (Å²) in [6, 6.07) is 12.0. The van der Waals surface area contributed by atoms with Gasteiger partial charge in [-0.25, -0.2) is 4.98 Å². The van der Waals surface area contributed by atoms with E-state index in [9.17, 15) is 13.2 Å². The van der Waals surface area contributed by atoms with Crippen LogP contribution >= 0.6 is 0 Å². The van der Waals surface area contributed by atoms with Crippen LogP contribution in [0.5, 0.6) is 0 Å². The smallest absolute Gasteiger partial charge is 0.399 e. The number of hydrogen-bond donors (Lipinski definition) is 2. The standard InChI is InChI=1S/C15H11F3N4/c16-15(17,18)12-4-2-1-3-11(12)14-20-13(21-22-14)9-5-7-10(19)8-6-9/h1-8H,19H2,(H,20,21,22). The lowest BCUT2D eigenvalue weighted by Gasteiger charge is -2.10. The Morgan fingerprint density at radius 1 is 0.955 bits per heavy atom. The number of nitrogens with one attached hydrogen (secondary N) is 1. The predicted molar refractivity (Wildman–Crippen MR) is 76.7 cm³/mol. The number of rotatable bonds is 2. The molecule has 1 heterocycles. The number of benzene rings is 2. The Bertz CT molecular complexity index is 791. The summed E-state index contributed by atoms with van der Waals surface area (Å²) in [5.41, 5.74) is 6.06. The zero-order valence-corrected chi connectivity index (χ0v) is 11.2. The number of nitrogen functional groups attached to an aromatic ring is 1. The van der Waals surface area contributed by atoms with Crippen molar-refractivity contribution in [2.75, 3.05) is 5.73 Å². The van der Waals surface area contributed by atoms with E-state index in [0.29, 0.717) is 17.1 Å². The summed E-state index contributed by atoms with van der Waals surface area (Å²) in [5.74, 6) is 0.381. The molecule has 1 aromatic heterocycles. The number of halogens is 3. The third-order valence-electron chi connectivity index (χ3n) is 3.14. The van der Waals surface area contributed by atoms with Gasteiger partial charge >= 0.3 is 6.18 Å². The van der Waals surface area contributed by atoms with E-state index in [1.165, 1.54) is 18.2 Å². The van der Waals surface area contributed by atoms with E-state index in [1.54, 1.807) is 24.3 Å². The first-order chi connectivity index (χ1) is 10.4. The molecule has 0 saturated carbocycles. The highest BCUT2D eigenvalue weighted by Crippen LogP contribution is 2.36. The fourth-order valence-electron chi connectivity index (χ4n) is 2.08. The quantitative estimate of drug-likeness (QED) is 0.709. The van der Waals surface area contributed by atoms with Gasteiger partial charge in [0.15, 0.2) is 11.6 Å². The molecule has 2 aromatic carbocycles. The number of H-pyrrole nitrogens is 1. The van der Waals surface area contributed by atoms with Crippen molar-refractivity contribution in [2.45, 2.75) is 6.18 Å². The lowest BCUT2D eigenvalue weighted by molar-refractivity contribution is -0.137. The molecule has 22 heavy (non-hydrogen) atoms. The Hall–Kier alpha value is -2.83. The third-order valence-corrected chi connectivity index (χ3v) is 3.14. The van der Waals surface area contributed by atoms with E-state index in [2.05, 4.69) is 15.2 Å². The Morgan fingerprint density at radius 2 is 1.64 bits per heavy atom. The average Bonchev–Trinajstić information content (AvgIpc) is 2.97. The van der Waals surface area contributed by atoms with E-state index in [1.807, 2.05) is 0 Å². The molecule has 0 aliphatic rings. The lowest BCUT2D eigenvalue weighted by Crippen LogP contribution is -2.07. The van der Waals surface area contributed by atoms with Gasteiger partial charge in [-0.3, -0.25) is 5.10 Å². The van der Waals surface area contributed by atoms with Crippen LogP contribution in [-0.4, -0.2) is 15.2 Å². The summed E-state index contributed by atoms with van der Waals surface area (Å²) in [7, 11) is 0. The van der Waals surface area contributed by atoms with Crippen molar-refractivity contribution in [3.05, 3.63) is 54.1 Å². The van der Waals surface area contributed by atoms with Gasteiger partial charge in [0.25, 0.3) is 0 Å². The molecule has 0 atom stereocenters. The van der Waals surface area contributed by atoms with Crippen LogP contribution in [0.4, 0.5) is 18.9 Å². The topological polar surface area (TPSA) is 67.6 Å². The lowest BCUT2D eigenvalue weighted by atomic mass is 10.1. The van der Waals surface area contributed by atoms with Crippen LogP contribution in [0.1, 0.15) is 5.56 Å². The van der Waals surface area contributed by atoms with Gasteiger partial charge in [-0.1, -0.05) is 18.2 Å². The average molecular weight is 304 g/mol. The van der Waals surface area contributed by atoms with Gasteiger partial charge in [-0.2, -0.15) is 18.3 Å². The molecule has 0 spiro atoms. The number of aromatic nitrogens is 3. The van der Waals surface area contributed by atoms with E-state index < -0.39 is 11.7 Å². The highest BCUT2D eigenvalue weighted by Gasteiger charge is 2.34. The van der Waals surface area contributed by atoms with E-state index in [-0.39, 0.29) is 11.4 Å². The minimum atomic E-state index is -4.45. The fraction of sp³-hybridized carbons (Fsp3) is 0.0667. The van der Waals surface area contributed by atoms with Crippen LogP contribution < -0.4 is 5.73 Å². The fourth-order valence-corrected chi connectivity index (χ4v) is 2.08. The number of alkyl halides is 3. The highest BCUT2D eigenvalue weighted by molar-refractivity contribution is 5.65. The molecule has 0 aliphatic heterocycles. The Morgan fingerprint density at radius 3 is 2.32 bits per heavy atom. The van der Waals surface area contributed by atoms with E-state index in [0.717, 1.165) is 6.07 Å². The molecule has 3 aromatic rings. The molecule has 112 valence electrons. The van der Waals surface area contributed by atoms with Gasteiger partial charge in [0.2, 0.25) is 0 Å². The SMILES string of the molecule is Nc1ccc(-c2n[nH]c(-c3ccccc3C(F)(F)F)n2)cc1. The Kier molecular flexibility index (Phi) is 3.32. The highest BCUT2D eigenvalue weighted by atomic mass is 19.4. The van der Waals surface area contributed by atoms with Gasteiger partial charge in [0.05, 0.1) is 5.56 Å². The summed E-state index contributed by atoms with van der Waals surface area (Å²) >= 11 is 0. The van der Waals surface area contributed by atoms with Crippen LogP contribution in [0.15, 0.2) is 48.5 Å². The summed E-state index contributed by atoms with van der Waals surface area (Å²) in [6.07, 6.45) is -4.45. The molecule has 0 radical (unpaired) electrons. The van der Waals surface area contributed by atoms with Crippen molar-refractivity contribution < 1.29 is 13.2 Å². The number of aromatic amines is 1. The number of hydrogen-bond acceptors (Lipinski definition) is 3. The Balaban J connectivity index is 2.03. The molecule has 7 heteroatoms. The predicted octanol–water partition coefficient (Wildman–Crippen LogP) is 3.74. The molecular formula is C15H11F3N4. The van der Waals surface area contributed by atoms with Gasteiger partial charge in [-0.05, 0) is 30.3 Å². The summed E-state index contributed by atoms with van der Waals surface area (Å²) in [5, 5.41) is 6.53. The monoisotopic (exact) mass is 304 g/mol. The van der Waals surface area contributed by atoms with Crippen LogP contribution in [0.3, 0.4) is 0 Å². The minimum absolute atomic E-state index is 0.0378. The van der Waals surface area contributed by atoms with Crippen LogP contribution in [0, 0.1) is 0 Å². The molecule has 3 rings (SSSR count). The second-order valence-electron chi connectivity index (χ2n) is 4.67. The van der Waals surface area contributed by atoms with Crippen molar-refractivity contribution in [3.8, 4) is 22.8 Å². The van der Waals surface area contributed by atoms with Crippen molar-refractivity contribution in [2.24, 2.45) is 0 Å². The molecular weight excluding hydrogens is 293 g/mol. The molecule has 0 saturated heterocycles. The van der Waals surface area contributed by atoms with Crippen molar-refractivity contribution in [3.63, 3.8) is 0 Å². The largest absolute Gasteiger partial charge is 0.417 e. The summed E-state index contributed by atoms with van der Waals surface area (Å²) < 4.78 is 39.1. The summed E-state index contributed by atoms with van der Waals surface area (Å²) in [6.45, 7) is 0. The maximum atomic E-state index is 13.0. The second-order valence-corrected chi connectivity index (χ2v) is 4.67. The third kappa shape index (κ3) is 2.65. The number of nitrogens with two attached hydrogens (primary N) is 1. The van der Waals surface area contributed by atoms with Gasteiger partial charge < -0.3 is 5.73 Å². The molecule has 4 nitrogen and oxygen atoms in total. The first kappa shape index (κ1) is 14.1. The zero-order valence-electron chi connectivity index (χ0n) is 11.2. The molecule has 0 unspecified atom stereocenters. The van der Waals surface area contributed by atoms with Crippen LogP contribution in [0.25, 0.3) is 22.8 Å². The normalized spacial score (nSPS) is 11.6.